The minimum absolute atomic E-state index is 0.0185. The second kappa shape index (κ2) is 8.03. The zero-order valence-corrected chi connectivity index (χ0v) is 16.7. The molecule has 0 aliphatic carbocycles. The van der Waals surface area contributed by atoms with Crippen LogP contribution in [0, 0.1) is 0 Å². The van der Waals surface area contributed by atoms with Crippen molar-refractivity contribution in [1.29, 1.82) is 0 Å². The van der Waals surface area contributed by atoms with Crippen LogP contribution in [0.1, 0.15) is 22.3 Å². The molecule has 2 heterocycles. The topological polar surface area (TPSA) is 71.1 Å². The van der Waals surface area contributed by atoms with E-state index in [1.165, 1.54) is 5.56 Å². The molecule has 7 nitrogen and oxygen atoms in total. The monoisotopic (exact) mass is 395 g/mol. The van der Waals surface area contributed by atoms with Gasteiger partial charge in [-0.2, -0.15) is 0 Å². The van der Waals surface area contributed by atoms with Crippen LogP contribution in [-0.4, -0.2) is 57.1 Å². The number of anilines is 2. The van der Waals surface area contributed by atoms with Crippen molar-refractivity contribution in [2.75, 3.05) is 50.6 Å². The number of nitrogens with one attached hydrogen (secondary N) is 1. The smallest absolute Gasteiger partial charge is 0.254 e. The maximum atomic E-state index is 13.0. The predicted octanol–water partition coefficient (Wildman–Crippen LogP) is 2.55. The lowest BCUT2D eigenvalue weighted by molar-refractivity contribution is -0.116. The van der Waals surface area contributed by atoms with E-state index in [9.17, 15) is 9.59 Å². The molecule has 29 heavy (non-hydrogen) atoms. The van der Waals surface area contributed by atoms with E-state index in [1.807, 2.05) is 17.0 Å². The molecule has 2 aromatic carbocycles. The van der Waals surface area contributed by atoms with Gasteiger partial charge < -0.3 is 24.6 Å². The summed E-state index contributed by atoms with van der Waals surface area (Å²) in [6.45, 7) is 2.81. The van der Waals surface area contributed by atoms with Crippen LogP contribution in [0.5, 0.6) is 11.5 Å². The number of amides is 2. The molecule has 0 radical (unpaired) electrons. The van der Waals surface area contributed by atoms with Crippen LogP contribution in [0.15, 0.2) is 36.4 Å². The Balaban J connectivity index is 1.43. The second-order valence-electron chi connectivity index (χ2n) is 7.27. The maximum absolute atomic E-state index is 13.0. The van der Waals surface area contributed by atoms with Gasteiger partial charge in [-0.3, -0.25) is 9.59 Å². The first-order valence-electron chi connectivity index (χ1n) is 9.77. The zero-order valence-electron chi connectivity index (χ0n) is 16.7. The summed E-state index contributed by atoms with van der Waals surface area (Å²) in [5, 5.41) is 2.92. The lowest BCUT2D eigenvalue weighted by Crippen LogP contribution is -2.48. The lowest BCUT2D eigenvalue weighted by Gasteiger charge is -2.36. The third-order valence-electron chi connectivity index (χ3n) is 5.51. The molecular formula is C22H25N3O4. The number of benzene rings is 2. The molecule has 0 unspecified atom stereocenters. The molecule has 152 valence electrons. The predicted molar refractivity (Wildman–Crippen MR) is 111 cm³/mol. The van der Waals surface area contributed by atoms with E-state index < -0.39 is 0 Å². The van der Waals surface area contributed by atoms with Crippen molar-refractivity contribution < 1.29 is 19.1 Å². The van der Waals surface area contributed by atoms with Gasteiger partial charge in [0.05, 0.1) is 14.2 Å². The summed E-state index contributed by atoms with van der Waals surface area (Å²) in [6.07, 6.45) is 1.30. The highest BCUT2D eigenvalue weighted by Gasteiger charge is 2.24. The van der Waals surface area contributed by atoms with E-state index in [0.717, 1.165) is 30.9 Å². The number of methoxy groups -OCH3 is 2. The molecule has 0 aromatic heterocycles. The van der Waals surface area contributed by atoms with Gasteiger partial charge in [-0.1, -0.05) is 0 Å². The van der Waals surface area contributed by atoms with Crippen LogP contribution in [-0.2, 0) is 11.2 Å². The summed E-state index contributed by atoms with van der Waals surface area (Å²) in [6, 6.07) is 11.4. The molecule has 1 N–H and O–H groups in total. The highest BCUT2D eigenvalue weighted by Crippen LogP contribution is 2.29. The Labute approximate surface area is 170 Å². The maximum Gasteiger partial charge on any atom is 0.254 e. The first kappa shape index (κ1) is 19.1. The number of carbonyl (C=O) groups excluding carboxylic acids is 2. The fourth-order valence-electron chi connectivity index (χ4n) is 3.85. The standard InChI is InChI=1S/C22H25N3O4/c1-28-18-12-16(13-19(14-18)29-2)22(27)25-9-7-24(8-10-25)17-4-5-20-15(11-17)3-6-21(26)23-20/h4-5,11-14H,3,6-10H2,1-2H3,(H,23,26). The largest absolute Gasteiger partial charge is 0.497 e. The number of piperazine rings is 1. The minimum atomic E-state index is -0.0185. The van der Waals surface area contributed by atoms with E-state index in [0.29, 0.717) is 36.6 Å². The molecule has 1 saturated heterocycles. The Morgan fingerprint density at radius 2 is 1.62 bits per heavy atom. The van der Waals surface area contributed by atoms with E-state index in [4.69, 9.17) is 9.47 Å². The van der Waals surface area contributed by atoms with E-state index in [2.05, 4.69) is 16.3 Å². The normalized spacial score (nSPS) is 16.1. The molecule has 7 heteroatoms. The lowest BCUT2D eigenvalue weighted by atomic mass is 10.0. The molecule has 2 amide bonds. The van der Waals surface area contributed by atoms with Crippen LogP contribution in [0.2, 0.25) is 0 Å². The SMILES string of the molecule is COc1cc(OC)cc(C(=O)N2CCN(c3ccc4c(c3)CCC(=O)N4)CC2)c1. The van der Waals surface area contributed by atoms with Crippen LogP contribution in [0.4, 0.5) is 11.4 Å². The fraction of sp³-hybridized carbons (Fsp3) is 0.364. The third-order valence-corrected chi connectivity index (χ3v) is 5.51. The second-order valence-corrected chi connectivity index (χ2v) is 7.27. The number of aryl methyl sites for hydroxylation is 1. The van der Waals surface area contributed by atoms with Gasteiger partial charge in [0.1, 0.15) is 11.5 Å². The fourth-order valence-corrected chi connectivity index (χ4v) is 3.85. The van der Waals surface area contributed by atoms with Crippen molar-refractivity contribution in [3.63, 3.8) is 0 Å². The van der Waals surface area contributed by atoms with Crippen LogP contribution < -0.4 is 19.7 Å². The molecule has 0 bridgehead atoms. The Morgan fingerprint density at radius 3 is 2.28 bits per heavy atom. The van der Waals surface area contributed by atoms with Gasteiger partial charge in [-0.25, -0.2) is 0 Å². The van der Waals surface area contributed by atoms with Crippen LogP contribution in [0.25, 0.3) is 0 Å². The first-order chi connectivity index (χ1) is 14.1. The molecule has 1 fully saturated rings. The van der Waals surface area contributed by atoms with Crippen molar-refractivity contribution in [3.8, 4) is 11.5 Å². The minimum Gasteiger partial charge on any atom is -0.497 e. The Morgan fingerprint density at radius 1 is 0.931 bits per heavy atom. The highest BCUT2D eigenvalue weighted by molar-refractivity contribution is 5.95. The molecule has 2 aliphatic heterocycles. The van der Waals surface area contributed by atoms with Gasteiger partial charge in [-0.05, 0) is 42.3 Å². The number of carbonyl (C=O) groups is 2. The van der Waals surface area contributed by atoms with Crippen molar-refractivity contribution in [3.05, 3.63) is 47.5 Å². The average molecular weight is 395 g/mol. The summed E-state index contributed by atoms with van der Waals surface area (Å²) in [7, 11) is 3.15. The van der Waals surface area contributed by atoms with Gasteiger partial charge in [0.15, 0.2) is 0 Å². The van der Waals surface area contributed by atoms with E-state index in [1.54, 1.807) is 32.4 Å². The molecule has 2 aliphatic rings. The zero-order chi connectivity index (χ0) is 20.4. The van der Waals surface area contributed by atoms with Crippen molar-refractivity contribution in [2.45, 2.75) is 12.8 Å². The van der Waals surface area contributed by atoms with Crippen molar-refractivity contribution in [1.82, 2.24) is 4.90 Å². The molecule has 0 saturated carbocycles. The summed E-state index contributed by atoms with van der Waals surface area (Å²) in [5.74, 6) is 1.27. The highest BCUT2D eigenvalue weighted by atomic mass is 16.5. The molecular weight excluding hydrogens is 370 g/mol. The van der Waals surface area contributed by atoms with Crippen LogP contribution in [0.3, 0.4) is 0 Å². The molecule has 4 rings (SSSR count). The van der Waals surface area contributed by atoms with Crippen molar-refractivity contribution in [2.24, 2.45) is 0 Å². The number of fused-ring (bicyclic) bond motifs is 1. The van der Waals surface area contributed by atoms with Gasteiger partial charge in [-0.15, -0.1) is 0 Å². The summed E-state index contributed by atoms with van der Waals surface area (Å²) < 4.78 is 10.6. The number of nitrogens with zero attached hydrogens (tertiary/aromatic N) is 2. The van der Waals surface area contributed by atoms with Gasteiger partial charge in [0.2, 0.25) is 5.91 Å². The molecule has 0 atom stereocenters. The summed E-state index contributed by atoms with van der Waals surface area (Å²) in [5.41, 5.74) is 3.78. The average Bonchev–Trinajstić information content (AvgIpc) is 2.77. The Bertz CT molecular complexity index is 913. The summed E-state index contributed by atoms with van der Waals surface area (Å²) >= 11 is 0. The molecule has 2 aromatic rings. The quantitative estimate of drug-likeness (QED) is 0.862. The van der Waals surface area contributed by atoms with Gasteiger partial charge in [0, 0.05) is 55.6 Å². The summed E-state index contributed by atoms with van der Waals surface area (Å²) in [4.78, 5) is 28.6. The number of rotatable bonds is 4. The van der Waals surface area contributed by atoms with Gasteiger partial charge in [0.25, 0.3) is 5.91 Å². The van der Waals surface area contributed by atoms with Crippen LogP contribution >= 0.6 is 0 Å². The number of hydrogen-bond acceptors (Lipinski definition) is 5. The molecule has 0 spiro atoms. The number of hydrogen-bond donors (Lipinski definition) is 1. The Hall–Kier alpha value is -3.22. The third kappa shape index (κ3) is 3.99. The van der Waals surface area contributed by atoms with E-state index in [-0.39, 0.29) is 11.8 Å². The van der Waals surface area contributed by atoms with E-state index >= 15 is 0 Å². The first-order valence-corrected chi connectivity index (χ1v) is 9.77. The number of ether oxygens (including phenoxy) is 2. The van der Waals surface area contributed by atoms with Crippen molar-refractivity contribution >= 4 is 23.2 Å². The Kier molecular flexibility index (Phi) is 5.29. The van der Waals surface area contributed by atoms with Gasteiger partial charge >= 0.3 is 0 Å².